The van der Waals surface area contributed by atoms with E-state index in [1.807, 2.05) is 0 Å². The Morgan fingerprint density at radius 2 is 1.92 bits per heavy atom. The first-order valence-corrected chi connectivity index (χ1v) is 9.72. The number of hydrogen-bond donors (Lipinski definition) is 1. The summed E-state index contributed by atoms with van der Waals surface area (Å²) < 4.78 is 11.2. The molecular formula is C18H30N4O2. The number of ether oxygens (including phenoxy) is 1. The van der Waals surface area contributed by atoms with Gasteiger partial charge in [0.2, 0.25) is 5.89 Å². The summed E-state index contributed by atoms with van der Waals surface area (Å²) in [5, 5.41) is 7.86. The number of nitrogens with zero attached hydrogens (tertiary/aromatic N) is 3. The molecule has 6 nitrogen and oxygen atoms in total. The SMILES string of the molecule is C1CCC(c2nc(CN3CCNCCC34CCOCC4)no2)CC1. The van der Waals surface area contributed by atoms with E-state index in [4.69, 9.17) is 14.2 Å². The highest BCUT2D eigenvalue weighted by atomic mass is 16.5. The standard InChI is InChI=1S/C18H30N4O2/c1-2-4-15(5-3-1)17-20-16(21-24-17)14-22-11-10-19-9-6-18(22)7-12-23-13-8-18/h15,19H,1-14H2. The van der Waals surface area contributed by atoms with Crippen molar-refractivity contribution in [3.8, 4) is 0 Å². The maximum atomic E-state index is 5.62. The molecule has 2 aliphatic heterocycles. The van der Waals surface area contributed by atoms with Gasteiger partial charge >= 0.3 is 0 Å². The molecule has 1 aromatic rings. The summed E-state index contributed by atoms with van der Waals surface area (Å²) in [6.45, 7) is 5.73. The molecule has 134 valence electrons. The largest absolute Gasteiger partial charge is 0.381 e. The van der Waals surface area contributed by atoms with E-state index in [-0.39, 0.29) is 5.54 Å². The van der Waals surface area contributed by atoms with E-state index in [9.17, 15) is 0 Å². The predicted octanol–water partition coefficient (Wildman–Crippen LogP) is 2.46. The molecule has 0 atom stereocenters. The van der Waals surface area contributed by atoms with Crippen molar-refractivity contribution in [3.63, 3.8) is 0 Å². The first-order chi connectivity index (χ1) is 11.9. The van der Waals surface area contributed by atoms with Gasteiger partial charge in [-0.25, -0.2) is 0 Å². The van der Waals surface area contributed by atoms with Gasteiger partial charge in [0.1, 0.15) is 0 Å². The van der Waals surface area contributed by atoms with Crippen LogP contribution in [0.4, 0.5) is 0 Å². The van der Waals surface area contributed by atoms with Gasteiger partial charge in [-0.2, -0.15) is 4.98 Å². The van der Waals surface area contributed by atoms with Crippen LogP contribution >= 0.6 is 0 Å². The quantitative estimate of drug-likeness (QED) is 0.916. The van der Waals surface area contributed by atoms with Crippen molar-refractivity contribution in [2.24, 2.45) is 0 Å². The summed E-state index contributed by atoms with van der Waals surface area (Å²) in [6, 6.07) is 0. The molecule has 0 radical (unpaired) electrons. The lowest BCUT2D eigenvalue weighted by molar-refractivity contribution is -0.0319. The molecule has 1 saturated carbocycles. The Balaban J connectivity index is 1.47. The molecule has 0 unspecified atom stereocenters. The van der Waals surface area contributed by atoms with Crippen molar-refractivity contribution in [2.45, 2.75) is 69.4 Å². The predicted molar refractivity (Wildman–Crippen MR) is 90.8 cm³/mol. The molecule has 0 aromatic carbocycles. The molecule has 0 amide bonds. The molecule has 3 fully saturated rings. The Kier molecular flexibility index (Phi) is 5.15. The highest BCUT2D eigenvalue weighted by Gasteiger charge is 2.39. The minimum absolute atomic E-state index is 0.243. The fourth-order valence-electron chi connectivity index (χ4n) is 4.64. The van der Waals surface area contributed by atoms with Crippen LogP contribution in [0.1, 0.15) is 69.0 Å². The summed E-state index contributed by atoms with van der Waals surface area (Å²) in [4.78, 5) is 7.35. The van der Waals surface area contributed by atoms with Crippen molar-refractivity contribution in [1.82, 2.24) is 20.4 Å². The fraction of sp³-hybridized carbons (Fsp3) is 0.889. The Bertz CT molecular complexity index is 521. The minimum Gasteiger partial charge on any atom is -0.381 e. The maximum Gasteiger partial charge on any atom is 0.229 e. The first-order valence-electron chi connectivity index (χ1n) is 9.72. The van der Waals surface area contributed by atoms with Crippen LogP contribution in [0.25, 0.3) is 0 Å². The Morgan fingerprint density at radius 3 is 2.75 bits per heavy atom. The lowest BCUT2D eigenvalue weighted by Crippen LogP contribution is -2.52. The van der Waals surface area contributed by atoms with Crippen LogP contribution in [0.5, 0.6) is 0 Å². The van der Waals surface area contributed by atoms with E-state index >= 15 is 0 Å². The van der Waals surface area contributed by atoms with Gasteiger partial charge in [-0.15, -0.1) is 0 Å². The molecular weight excluding hydrogens is 304 g/mol. The van der Waals surface area contributed by atoms with E-state index in [2.05, 4.69) is 15.4 Å². The average Bonchev–Trinajstić information content (AvgIpc) is 3.03. The second-order valence-corrected chi connectivity index (χ2v) is 7.64. The van der Waals surface area contributed by atoms with Gasteiger partial charge in [0.15, 0.2) is 5.82 Å². The lowest BCUT2D eigenvalue weighted by Gasteiger charge is -2.45. The van der Waals surface area contributed by atoms with Crippen molar-refractivity contribution in [3.05, 3.63) is 11.7 Å². The highest BCUT2D eigenvalue weighted by molar-refractivity contribution is 5.00. The van der Waals surface area contributed by atoms with Crippen LogP contribution in [0.3, 0.4) is 0 Å². The highest BCUT2D eigenvalue weighted by Crippen LogP contribution is 2.34. The van der Waals surface area contributed by atoms with E-state index < -0.39 is 0 Å². The average molecular weight is 334 g/mol. The van der Waals surface area contributed by atoms with E-state index in [1.165, 1.54) is 38.5 Å². The molecule has 1 N–H and O–H groups in total. The topological polar surface area (TPSA) is 63.4 Å². The third-order valence-corrected chi connectivity index (χ3v) is 6.19. The zero-order valence-corrected chi connectivity index (χ0v) is 14.6. The third kappa shape index (κ3) is 3.51. The molecule has 3 aliphatic rings. The van der Waals surface area contributed by atoms with Gasteiger partial charge < -0.3 is 14.6 Å². The lowest BCUT2D eigenvalue weighted by atomic mass is 9.85. The second-order valence-electron chi connectivity index (χ2n) is 7.64. The number of nitrogens with one attached hydrogen (secondary N) is 1. The maximum absolute atomic E-state index is 5.62. The van der Waals surface area contributed by atoms with E-state index in [0.29, 0.717) is 5.92 Å². The van der Waals surface area contributed by atoms with E-state index in [1.54, 1.807) is 0 Å². The van der Waals surface area contributed by atoms with Gasteiger partial charge in [-0.3, -0.25) is 4.90 Å². The van der Waals surface area contributed by atoms with Crippen LogP contribution < -0.4 is 5.32 Å². The molecule has 24 heavy (non-hydrogen) atoms. The summed E-state index contributed by atoms with van der Waals surface area (Å²) in [5.74, 6) is 2.23. The molecule has 1 aliphatic carbocycles. The van der Waals surface area contributed by atoms with Gasteiger partial charge in [-0.1, -0.05) is 24.4 Å². The summed E-state index contributed by atoms with van der Waals surface area (Å²) in [5.41, 5.74) is 0.243. The van der Waals surface area contributed by atoms with Gasteiger partial charge in [0, 0.05) is 37.8 Å². The van der Waals surface area contributed by atoms with E-state index in [0.717, 1.165) is 63.9 Å². The first kappa shape index (κ1) is 16.5. The fourth-order valence-corrected chi connectivity index (χ4v) is 4.64. The van der Waals surface area contributed by atoms with Crippen molar-refractivity contribution < 1.29 is 9.26 Å². The number of aromatic nitrogens is 2. The number of hydrogen-bond acceptors (Lipinski definition) is 6. The van der Waals surface area contributed by atoms with Crippen LogP contribution in [-0.2, 0) is 11.3 Å². The van der Waals surface area contributed by atoms with Gasteiger partial charge in [-0.05, 0) is 38.6 Å². The second kappa shape index (κ2) is 7.50. The summed E-state index contributed by atoms with van der Waals surface area (Å²) in [6.07, 6.45) is 9.76. The molecule has 1 aromatic heterocycles. The van der Waals surface area contributed by atoms with Crippen molar-refractivity contribution >= 4 is 0 Å². The summed E-state index contributed by atoms with van der Waals surface area (Å²) >= 11 is 0. The molecule has 3 heterocycles. The third-order valence-electron chi connectivity index (χ3n) is 6.19. The molecule has 1 spiro atoms. The van der Waals surface area contributed by atoms with Crippen LogP contribution in [0.15, 0.2) is 4.52 Å². The molecule has 2 saturated heterocycles. The molecule has 0 bridgehead atoms. The Morgan fingerprint density at radius 1 is 1.08 bits per heavy atom. The smallest absolute Gasteiger partial charge is 0.229 e. The Labute approximate surface area is 144 Å². The monoisotopic (exact) mass is 334 g/mol. The van der Waals surface area contributed by atoms with Gasteiger partial charge in [0.25, 0.3) is 0 Å². The zero-order chi connectivity index (χ0) is 16.2. The molecule has 4 rings (SSSR count). The van der Waals surface area contributed by atoms with Gasteiger partial charge in [0.05, 0.1) is 6.54 Å². The zero-order valence-electron chi connectivity index (χ0n) is 14.6. The van der Waals surface area contributed by atoms with Crippen LogP contribution in [0.2, 0.25) is 0 Å². The van der Waals surface area contributed by atoms with Crippen molar-refractivity contribution in [1.29, 1.82) is 0 Å². The van der Waals surface area contributed by atoms with Crippen LogP contribution in [-0.4, -0.2) is 53.4 Å². The normalized spacial score (nSPS) is 26.5. The van der Waals surface area contributed by atoms with Crippen LogP contribution in [0, 0.1) is 0 Å². The number of rotatable bonds is 3. The Hall–Kier alpha value is -0.980. The van der Waals surface area contributed by atoms with Crippen molar-refractivity contribution in [2.75, 3.05) is 32.8 Å². The minimum atomic E-state index is 0.243. The summed E-state index contributed by atoms with van der Waals surface area (Å²) in [7, 11) is 0. The molecule has 6 heteroatoms.